The number of pyridine rings is 1. The summed E-state index contributed by atoms with van der Waals surface area (Å²) in [5, 5.41) is 0. The molecule has 41 heavy (non-hydrogen) atoms. The minimum atomic E-state index is -4.95. The molecule has 1 amide bonds. The van der Waals surface area contributed by atoms with E-state index in [-0.39, 0.29) is 36.3 Å². The molecule has 3 aromatic rings. The molecule has 0 N–H and O–H groups in total. The topological polar surface area (TPSA) is 45.7 Å². The number of aromatic nitrogens is 1. The van der Waals surface area contributed by atoms with E-state index in [0.29, 0.717) is 0 Å². The van der Waals surface area contributed by atoms with Crippen molar-refractivity contribution in [1.29, 1.82) is 0 Å². The lowest BCUT2D eigenvalue weighted by atomic mass is 9.99. The maximum atomic E-state index is 13.6. The standard InChI is InChI=1S/C27H22F9N3O2/c1-38(13-12-18-6-3-7-23(37-18)26(31,32)33)22-15-21(16-4-2-5-17(14-16)25(28,29)30)39(24(22)40)19-8-10-20(11-9-19)41-27(34,35)36/h2-11,14,21-22H,12-13,15H2,1H3/t21-,22-/m0/s1. The molecule has 2 heterocycles. The molecule has 1 fully saturated rings. The Hall–Kier alpha value is -3.81. The summed E-state index contributed by atoms with van der Waals surface area (Å²) in [5.41, 5.74) is -1.60. The van der Waals surface area contributed by atoms with Crippen LogP contribution in [0.2, 0.25) is 0 Å². The number of nitrogens with zero attached hydrogens (tertiary/aromatic N) is 3. The van der Waals surface area contributed by atoms with Gasteiger partial charge in [0.1, 0.15) is 11.4 Å². The van der Waals surface area contributed by atoms with Crippen molar-refractivity contribution in [2.24, 2.45) is 0 Å². The molecule has 0 bridgehead atoms. The fourth-order valence-electron chi connectivity index (χ4n) is 4.65. The molecule has 4 rings (SSSR count). The molecule has 1 aliphatic heterocycles. The number of carbonyl (C=O) groups is 1. The molecule has 0 saturated carbocycles. The van der Waals surface area contributed by atoms with E-state index in [9.17, 15) is 44.3 Å². The quantitative estimate of drug-likeness (QED) is 0.277. The molecule has 0 aliphatic carbocycles. The molecule has 2 atom stereocenters. The van der Waals surface area contributed by atoms with Crippen LogP contribution >= 0.6 is 0 Å². The highest BCUT2D eigenvalue weighted by Gasteiger charge is 2.44. The van der Waals surface area contributed by atoms with Crippen molar-refractivity contribution in [2.75, 3.05) is 18.5 Å². The molecule has 0 spiro atoms. The van der Waals surface area contributed by atoms with Gasteiger partial charge in [-0.05, 0) is 67.6 Å². The van der Waals surface area contributed by atoms with E-state index >= 15 is 0 Å². The Morgan fingerprint density at radius 3 is 2.17 bits per heavy atom. The first-order valence-electron chi connectivity index (χ1n) is 12.1. The van der Waals surface area contributed by atoms with E-state index in [1.165, 1.54) is 41.3 Å². The van der Waals surface area contributed by atoms with Crippen LogP contribution in [0.3, 0.4) is 0 Å². The van der Waals surface area contributed by atoms with Gasteiger partial charge >= 0.3 is 18.7 Å². The number of ether oxygens (including phenoxy) is 1. The van der Waals surface area contributed by atoms with Crippen LogP contribution in [0, 0.1) is 0 Å². The number of rotatable bonds is 7. The van der Waals surface area contributed by atoms with Crippen LogP contribution in [-0.2, 0) is 23.6 Å². The third kappa shape index (κ3) is 7.29. The summed E-state index contributed by atoms with van der Waals surface area (Å²) < 4.78 is 121. The predicted molar refractivity (Wildman–Crippen MR) is 129 cm³/mol. The van der Waals surface area contributed by atoms with E-state index < -0.39 is 53.7 Å². The van der Waals surface area contributed by atoms with Crippen LogP contribution < -0.4 is 9.64 Å². The highest BCUT2D eigenvalue weighted by atomic mass is 19.4. The molecule has 220 valence electrons. The van der Waals surface area contributed by atoms with Gasteiger partial charge < -0.3 is 9.64 Å². The van der Waals surface area contributed by atoms with Crippen molar-refractivity contribution >= 4 is 11.6 Å². The zero-order valence-electron chi connectivity index (χ0n) is 21.2. The summed E-state index contributed by atoms with van der Waals surface area (Å²) in [5.74, 6) is -1.10. The van der Waals surface area contributed by atoms with E-state index in [1.54, 1.807) is 11.9 Å². The van der Waals surface area contributed by atoms with Crippen LogP contribution in [0.15, 0.2) is 66.7 Å². The maximum absolute atomic E-state index is 13.6. The largest absolute Gasteiger partial charge is 0.573 e. The number of carbonyl (C=O) groups excluding carboxylic acids is 1. The summed E-state index contributed by atoms with van der Waals surface area (Å²) in [4.78, 5) is 20.0. The second kappa shape index (κ2) is 11.2. The Morgan fingerprint density at radius 1 is 0.902 bits per heavy atom. The fourth-order valence-corrected chi connectivity index (χ4v) is 4.65. The minimum Gasteiger partial charge on any atom is -0.406 e. The highest BCUT2D eigenvalue weighted by molar-refractivity contribution is 6.00. The first-order valence-corrected chi connectivity index (χ1v) is 12.1. The Morgan fingerprint density at radius 2 is 1.56 bits per heavy atom. The molecule has 0 radical (unpaired) electrons. The van der Waals surface area contributed by atoms with Crippen molar-refractivity contribution in [3.05, 3.63) is 89.2 Å². The molecule has 14 heteroatoms. The number of likely N-dealkylation sites (N-methyl/N-ethyl adjacent to an activating group) is 1. The van der Waals surface area contributed by atoms with E-state index in [0.717, 1.165) is 30.3 Å². The zero-order valence-corrected chi connectivity index (χ0v) is 21.2. The Labute approximate surface area is 228 Å². The van der Waals surface area contributed by atoms with E-state index in [2.05, 4.69) is 9.72 Å². The van der Waals surface area contributed by atoms with Crippen molar-refractivity contribution < 1.29 is 49.0 Å². The van der Waals surface area contributed by atoms with Gasteiger partial charge in [0.05, 0.1) is 17.6 Å². The Bertz CT molecular complexity index is 1370. The van der Waals surface area contributed by atoms with Crippen molar-refractivity contribution in [3.8, 4) is 5.75 Å². The third-order valence-corrected chi connectivity index (χ3v) is 6.58. The number of alkyl halides is 9. The number of benzene rings is 2. The predicted octanol–water partition coefficient (Wildman–Crippen LogP) is 7.04. The molecular formula is C27H22F9N3O2. The molecule has 0 unspecified atom stereocenters. The van der Waals surface area contributed by atoms with Crippen molar-refractivity contribution in [3.63, 3.8) is 0 Å². The zero-order chi connectivity index (χ0) is 30.2. The van der Waals surface area contributed by atoms with Crippen LogP contribution in [0.5, 0.6) is 5.75 Å². The van der Waals surface area contributed by atoms with Gasteiger partial charge in [0.2, 0.25) is 5.91 Å². The third-order valence-electron chi connectivity index (χ3n) is 6.58. The van der Waals surface area contributed by atoms with Crippen molar-refractivity contribution in [2.45, 2.75) is 43.6 Å². The average molecular weight is 591 g/mol. The highest BCUT2D eigenvalue weighted by Crippen LogP contribution is 2.41. The number of hydrogen-bond donors (Lipinski definition) is 0. The van der Waals surface area contributed by atoms with Gasteiger partial charge in [0.25, 0.3) is 0 Å². The molecule has 1 aromatic heterocycles. The summed E-state index contributed by atoms with van der Waals surface area (Å²) in [6, 6.07) is 10.4. The van der Waals surface area contributed by atoms with Gasteiger partial charge in [-0.1, -0.05) is 18.2 Å². The van der Waals surface area contributed by atoms with Crippen molar-refractivity contribution in [1.82, 2.24) is 9.88 Å². The minimum absolute atomic E-state index is 0.00741. The number of halogens is 9. The lowest BCUT2D eigenvalue weighted by molar-refractivity contribution is -0.274. The number of amides is 1. The average Bonchev–Trinajstić information content (AvgIpc) is 3.23. The summed E-state index contributed by atoms with van der Waals surface area (Å²) in [6.45, 7) is 0.0895. The Balaban J connectivity index is 1.61. The van der Waals surface area contributed by atoms with E-state index in [4.69, 9.17) is 0 Å². The van der Waals surface area contributed by atoms with Crippen LogP contribution in [0.4, 0.5) is 45.2 Å². The van der Waals surface area contributed by atoms with Gasteiger partial charge in [-0.15, -0.1) is 13.2 Å². The summed E-state index contributed by atoms with van der Waals surface area (Å²) in [6.07, 6.45) is -14.2. The summed E-state index contributed by atoms with van der Waals surface area (Å²) >= 11 is 0. The SMILES string of the molecule is CN(CCc1cccc(C(F)(F)F)n1)[C@H]1C[C@@H](c2cccc(C(F)(F)F)c2)N(c2ccc(OC(F)(F)F)cc2)C1=O. The van der Waals surface area contributed by atoms with Gasteiger partial charge in [0.15, 0.2) is 0 Å². The number of hydrogen-bond acceptors (Lipinski definition) is 4. The van der Waals surface area contributed by atoms with Gasteiger partial charge in [0, 0.05) is 24.3 Å². The second-order valence-electron chi connectivity index (χ2n) is 9.38. The Kier molecular flexibility index (Phi) is 8.25. The molecular weight excluding hydrogens is 569 g/mol. The van der Waals surface area contributed by atoms with Gasteiger partial charge in [-0.2, -0.15) is 26.3 Å². The maximum Gasteiger partial charge on any atom is 0.573 e. The summed E-state index contributed by atoms with van der Waals surface area (Å²) in [7, 11) is 1.54. The molecule has 2 aromatic carbocycles. The van der Waals surface area contributed by atoms with Crippen LogP contribution in [0.25, 0.3) is 0 Å². The van der Waals surface area contributed by atoms with Crippen LogP contribution in [-0.4, -0.2) is 41.8 Å². The lowest BCUT2D eigenvalue weighted by Crippen LogP contribution is -2.40. The molecule has 1 aliphatic rings. The first-order chi connectivity index (χ1) is 19.0. The second-order valence-corrected chi connectivity index (χ2v) is 9.38. The normalized spacial score (nSPS) is 18.3. The smallest absolute Gasteiger partial charge is 0.406 e. The lowest BCUT2D eigenvalue weighted by Gasteiger charge is -2.26. The van der Waals surface area contributed by atoms with Gasteiger partial charge in [-0.25, -0.2) is 4.98 Å². The molecule has 5 nitrogen and oxygen atoms in total. The fraction of sp³-hybridized carbons (Fsp3) is 0.333. The monoisotopic (exact) mass is 591 g/mol. The number of anilines is 1. The first kappa shape index (κ1) is 30.2. The van der Waals surface area contributed by atoms with Crippen LogP contribution in [0.1, 0.15) is 35.0 Å². The van der Waals surface area contributed by atoms with E-state index in [1.807, 2.05) is 0 Å². The molecule has 1 saturated heterocycles. The van der Waals surface area contributed by atoms with Gasteiger partial charge in [-0.3, -0.25) is 9.69 Å².